The van der Waals surface area contributed by atoms with E-state index in [9.17, 15) is 18.0 Å². The number of halogens is 5. The summed E-state index contributed by atoms with van der Waals surface area (Å²) in [5.41, 5.74) is 0. The lowest BCUT2D eigenvalue weighted by Crippen LogP contribution is -2.51. The van der Waals surface area contributed by atoms with Gasteiger partial charge in [0.15, 0.2) is 0 Å². The molecule has 0 N–H and O–H groups in total. The van der Waals surface area contributed by atoms with Crippen LogP contribution in [0.5, 0.6) is 0 Å². The monoisotopic (exact) mass is 411 g/mol. The van der Waals surface area contributed by atoms with Gasteiger partial charge in [0.1, 0.15) is 0 Å². The average molecular weight is 412 g/mol. The van der Waals surface area contributed by atoms with Crippen molar-refractivity contribution in [3.8, 4) is 0 Å². The number of nitrogens with zero attached hydrogens (tertiary/aromatic N) is 3. The van der Waals surface area contributed by atoms with Gasteiger partial charge in [0.25, 0.3) is 0 Å². The number of rotatable bonds is 5. The van der Waals surface area contributed by atoms with E-state index in [1.807, 2.05) is 4.90 Å². The van der Waals surface area contributed by atoms with Crippen molar-refractivity contribution in [1.29, 1.82) is 0 Å². The van der Waals surface area contributed by atoms with E-state index in [4.69, 9.17) is 0 Å². The van der Waals surface area contributed by atoms with Gasteiger partial charge in [0.05, 0.1) is 10.6 Å². The van der Waals surface area contributed by atoms with E-state index in [2.05, 4.69) is 18.7 Å². The van der Waals surface area contributed by atoms with E-state index < -0.39 is 6.30 Å². The summed E-state index contributed by atoms with van der Waals surface area (Å²) in [4.78, 5) is 16.2. The number of carbonyl (C=O) groups excluding carboxylic acids is 1. The van der Waals surface area contributed by atoms with Crippen LogP contribution in [-0.4, -0.2) is 76.8 Å². The van der Waals surface area contributed by atoms with Gasteiger partial charge >= 0.3 is 6.30 Å². The molecule has 0 bridgehead atoms. The summed E-state index contributed by atoms with van der Waals surface area (Å²) in [6.07, 6.45) is -2.39. The molecule has 2 saturated heterocycles. The molecule has 0 aliphatic carbocycles. The zero-order chi connectivity index (χ0) is 16.4. The first kappa shape index (κ1) is 24.1. The smallest absolute Gasteiger partial charge is 0.328 e. The van der Waals surface area contributed by atoms with E-state index >= 15 is 0 Å². The van der Waals surface area contributed by atoms with E-state index in [0.717, 1.165) is 25.9 Å². The second-order valence-corrected chi connectivity index (χ2v) is 7.86. The van der Waals surface area contributed by atoms with Crippen LogP contribution in [0.4, 0.5) is 13.2 Å². The molecule has 0 atom stereocenters. The molecule has 1 amide bonds. The number of alkyl halides is 3. The van der Waals surface area contributed by atoms with Gasteiger partial charge in [0, 0.05) is 32.7 Å². The second-order valence-electron chi connectivity index (χ2n) is 6.28. The fraction of sp³-hybridized carbons (Fsp3) is 0.929. The highest BCUT2D eigenvalue weighted by molar-refractivity contribution is 8.01. The van der Waals surface area contributed by atoms with E-state index in [1.165, 1.54) is 0 Å². The lowest BCUT2D eigenvalue weighted by Gasteiger charge is -2.35. The molecule has 10 heteroatoms. The van der Waals surface area contributed by atoms with Crippen molar-refractivity contribution in [2.24, 2.45) is 0 Å². The van der Waals surface area contributed by atoms with Crippen LogP contribution in [0, 0.1) is 0 Å². The van der Waals surface area contributed by atoms with E-state index in [0.29, 0.717) is 23.7 Å². The van der Waals surface area contributed by atoms with Crippen molar-refractivity contribution in [3.63, 3.8) is 0 Å². The van der Waals surface area contributed by atoms with Crippen LogP contribution in [0.2, 0.25) is 0 Å². The first-order chi connectivity index (χ1) is 10.2. The molecule has 2 aliphatic rings. The zero-order valence-electron chi connectivity index (χ0n) is 14.0. The maximum absolute atomic E-state index is 12.5. The predicted molar refractivity (Wildman–Crippen MR) is 96.0 cm³/mol. The molecule has 2 aliphatic heterocycles. The Morgan fingerprint density at radius 2 is 1.58 bits per heavy atom. The van der Waals surface area contributed by atoms with Crippen LogP contribution >= 0.6 is 36.6 Å². The topological polar surface area (TPSA) is 26.8 Å². The number of hydrogen-bond acceptors (Lipinski definition) is 4. The molecule has 24 heavy (non-hydrogen) atoms. The Morgan fingerprint density at radius 1 is 1.04 bits per heavy atom. The van der Waals surface area contributed by atoms with Gasteiger partial charge in [-0.1, -0.05) is 0 Å². The molecule has 0 aromatic heterocycles. The van der Waals surface area contributed by atoms with Crippen LogP contribution in [0.25, 0.3) is 0 Å². The van der Waals surface area contributed by atoms with Crippen LogP contribution in [0.1, 0.15) is 26.7 Å². The molecule has 0 saturated carbocycles. The minimum atomic E-state index is -4.20. The molecule has 0 unspecified atom stereocenters. The fourth-order valence-electron chi connectivity index (χ4n) is 2.92. The highest BCUT2D eigenvalue weighted by atomic mass is 35.5. The van der Waals surface area contributed by atoms with Gasteiger partial charge in [-0.25, -0.2) is 4.90 Å². The van der Waals surface area contributed by atoms with Crippen LogP contribution in [-0.2, 0) is 4.79 Å². The summed E-state index contributed by atoms with van der Waals surface area (Å²) in [5, 5.41) is 0. The van der Waals surface area contributed by atoms with Crippen molar-refractivity contribution >= 4 is 42.5 Å². The van der Waals surface area contributed by atoms with Crippen molar-refractivity contribution in [2.75, 3.05) is 45.0 Å². The molecule has 0 spiro atoms. The Labute approximate surface area is 158 Å². The molecule has 0 aromatic carbocycles. The number of unbranched alkanes of at least 4 members (excludes halogenated alkanes) is 1. The SMILES string of the molecule is CC1(C)SCC(=O)N1CCCCN1CCN(C(F)(F)F)CC1.Cl.Cl. The number of thioether (sulfide) groups is 1. The summed E-state index contributed by atoms with van der Waals surface area (Å²) in [7, 11) is 0. The van der Waals surface area contributed by atoms with Crippen molar-refractivity contribution in [3.05, 3.63) is 0 Å². The minimum Gasteiger partial charge on any atom is -0.328 e. The Balaban J connectivity index is 0.00000264. The third-order valence-corrected chi connectivity index (χ3v) is 5.65. The zero-order valence-corrected chi connectivity index (χ0v) is 16.4. The summed E-state index contributed by atoms with van der Waals surface area (Å²) in [6, 6.07) is 0. The summed E-state index contributed by atoms with van der Waals surface area (Å²) >= 11 is 1.66. The Kier molecular flexibility index (Phi) is 9.75. The molecular weight excluding hydrogens is 386 g/mol. The van der Waals surface area contributed by atoms with E-state index in [1.54, 1.807) is 11.8 Å². The highest BCUT2D eigenvalue weighted by Crippen LogP contribution is 2.35. The molecule has 2 heterocycles. The molecule has 0 aromatic rings. The first-order valence-electron chi connectivity index (χ1n) is 7.69. The molecule has 4 nitrogen and oxygen atoms in total. The molecule has 0 radical (unpaired) electrons. The largest absolute Gasteiger partial charge is 0.460 e. The number of amides is 1. The van der Waals surface area contributed by atoms with Crippen molar-refractivity contribution < 1.29 is 18.0 Å². The Hall–Kier alpha value is 0.110. The number of hydrogen-bond donors (Lipinski definition) is 0. The van der Waals surface area contributed by atoms with E-state index in [-0.39, 0.29) is 48.7 Å². The third kappa shape index (κ3) is 6.44. The van der Waals surface area contributed by atoms with Gasteiger partial charge in [-0.15, -0.1) is 36.6 Å². The van der Waals surface area contributed by atoms with Crippen molar-refractivity contribution in [2.45, 2.75) is 37.9 Å². The maximum atomic E-state index is 12.5. The first-order valence-corrected chi connectivity index (χ1v) is 8.67. The minimum absolute atomic E-state index is 0. The number of piperazine rings is 1. The molecule has 2 rings (SSSR count). The van der Waals surface area contributed by atoms with Gasteiger partial charge in [-0.3, -0.25) is 4.79 Å². The predicted octanol–water partition coefficient (Wildman–Crippen LogP) is 3.06. The molecular formula is C14H26Cl2F3N3OS. The quantitative estimate of drug-likeness (QED) is 0.513. The van der Waals surface area contributed by atoms with Crippen LogP contribution in [0.15, 0.2) is 0 Å². The summed E-state index contributed by atoms with van der Waals surface area (Å²) in [5.74, 6) is 0.737. The summed E-state index contributed by atoms with van der Waals surface area (Å²) < 4.78 is 37.6. The Bertz CT molecular complexity index is 405. The average Bonchev–Trinajstić information content (AvgIpc) is 2.69. The third-order valence-electron chi connectivity index (χ3n) is 4.34. The Morgan fingerprint density at radius 3 is 2.04 bits per heavy atom. The fourth-order valence-corrected chi connectivity index (χ4v) is 3.90. The lowest BCUT2D eigenvalue weighted by molar-refractivity contribution is -0.252. The highest BCUT2D eigenvalue weighted by Gasteiger charge is 2.39. The van der Waals surface area contributed by atoms with Gasteiger partial charge in [-0.2, -0.15) is 13.2 Å². The maximum Gasteiger partial charge on any atom is 0.460 e. The molecule has 144 valence electrons. The van der Waals surface area contributed by atoms with Crippen LogP contribution in [0.3, 0.4) is 0 Å². The molecule has 2 fully saturated rings. The van der Waals surface area contributed by atoms with Crippen LogP contribution < -0.4 is 0 Å². The number of carbonyl (C=O) groups is 1. The van der Waals surface area contributed by atoms with Gasteiger partial charge in [-0.05, 0) is 33.2 Å². The van der Waals surface area contributed by atoms with Gasteiger partial charge < -0.3 is 9.80 Å². The lowest BCUT2D eigenvalue weighted by atomic mass is 10.2. The van der Waals surface area contributed by atoms with Crippen molar-refractivity contribution in [1.82, 2.24) is 14.7 Å². The van der Waals surface area contributed by atoms with Gasteiger partial charge in [0.2, 0.25) is 5.91 Å². The normalized spacial score (nSPS) is 22.2. The standard InChI is InChI=1S/C14H24F3N3OS.2ClH/c1-13(2)20(12(21)11-22-13)6-4-3-5-18-7-9-19(10-8-18)14(15,16)17;;/h3-11H2,1-2H3;2*1H. The second kappa shape index (κ2) is 9.71. The summed E-state index contributed by atoms with van der Waals surface area (Å²) in [6.45, 7) is 6.68.